The standard InChI is InChI=1S/C12H13ClN4O4/c13-10-5-8(9(6-14-10)17(20)21)12(19)15-7-11(18)16-3-1-2-4-16/h5-6H,1-4,7H2,(H,15,19). The fourth-order valence-electron chi connectivity index (χ4n) is 2.08. The van der Waals surface area contributed by atoms with Crippen molar-refractivity contribution >= 4 is 29.1 Å². The van der Waals surface area contributed by atoms with Gasteiger partial charge in [-0.1, -0.05) is 11.6 Å². The summed E-state index contributed by atoms with van der Waals surface area (Å²) in [4.78, 5) is 39.1. The lowest BCUT2D eigenvalue weighted by Gasteiger charge is -2.15. The van der Waals surface area contributed by atoms with E-state index >= 15 is 0 Å². The first-order valence-electron chi connectivity index (χ1n) is 6.35. The third kappa shape index (κ3) is 3.66. The van der Waals surface area contributed by atoms with Gasteiger partial charge in [-0.15, -0.1) is 0 Å². The summed E-state index contributed by atoms with van der Waals surface area (Å²) in [6.07, 6.45) is 2.82. The first kappa shape index (κ1) is 15.2. The van der Waals surface area contributed by atoms with Crippen LogP contribution in [0.1, 0.15) is 23.2 Å². The molecule has 1 aliphatic heterocycles. The van der Waals surface area contributed by atoms with E-state index in [0.717, 1.165) is 25.1 Å². The molecule has 0 saturated carbocycles. The molecule has 0 spiro atoms. The van der Waals surface area contributed by atoms with Crippen LogP contribution in [0.15, 0.2) is 12.3 Å². The van der Waals surface area contributed by atoms with Crippen LogP contribution in [0.25, 0.3) is 0 Å². The number of nitrogens with one attached hydrogen (secondary N) is 1. The summed E-state index contributed by atoms with van der Waals surface area (Å²) in [6, 6.07) is 1.11. The van der Waals surface area contributed by atoms with Gasteiger partial charge in [0.2, 0.25) is 5.91 Å². The predicted octanol–water partition coefficient (Wildman–Crippen LogP) is 0.995. The van der Waals surface area contributed by atoms with Gasteiger partial charge in [0.25, 0.3) is 11.6 Å². The van der Waals surface area contributed by atoms with E-state index in [9.17, 15) is 19.7 Å². The normalized spacial score (nSPS) is 14.0. The molecule has 9 heteroatoms. The van der Waals surface area contributed by atoms with Crippen molar-refractivity contribution in [3.63, 3.8) is 0 Å². The van der Waals surface area contributed by atoms with Crippen molar-refractivity contribution in [1.82, 2.24) is 15.2 Å². The van der Waals surface area contributed by atoms with Gasteiger partial charge in [0.15, 0.2) is 0 Å². The molecule has 1 aliphatic rings. The summed E-state index contributed by atoms with van der Waals surface area (Å²) in [5.41, 5.74) is -0.667. The number of amides is 2. The third-order valence-electron chi connectivity index (χ3n) is 3.15. The van der Waals surface area contributed by atoms with E-state index in [4.69, 9.17) is 11.6 Å². The zero-order chi connectivity index (χ0) is 15.4. The van der Waals surface area contributed by atoms with Crippen LogP contribution in [0.2, 0.25) is 5.15 Å². The van der Waals surface area contributed by atoms with Crippen molar-refractivity contribution in [2.24, 2.45) is 0 Å². The van der Waals surface area contributed by atoms with E-state index in [1.54, 1.807) is 4.90 Å². The van der Waals surface area contributed by atoms with Crippen molar-refractivity contribution in [2.45, 2.75) is 12.8 Å². The van der Waals surface area contributed by atoms with Crippen LogP contribution < -0.4 is 5.32 Å². The number of nitrogens with zero attached hydrogens (tertiary/aromatic N) is 3. The maximum Gasteiger partial charge on any atom is 0.300 e. The molecule has 1 saturated heterocycles. The molecular weight excluding hydrogens is 300 g/mol. The van der Waals surface area contributed by atoms with E-state index < -0.39 is 16.5 Å². The molecule has 2 heterocycles. The number of carbonyl (C=O) groups excluding carboxylic acids is 2. The van der Waals surface area contributed by atoms with E-state index in [2.05, 4.69) is 10.3 Å². The molecule has 1 N–H and O–H groups in total. The highest BCUT2D eigenvalue weighted by Gasteiger charge is 2.23. The Kier molecular flexibility index (Phi) is 4.69. The first-order valence-corrected chi connectivity index (χ1v) is 6.72. The minimum absolute atomic E-state index is 0.0309. The molecule has 1 aromatic rings. The van der Waals surface area contributed by atoms with Gasteiger partial charge < -0.3 is 10.2 Å². The Morgan fingerprint density at radius 3 is 2.71 bits per heavy atom. The number of halogens is 1. The fraction of sp³-hybridized carbons (Fsp3) is 0.417. The van der Waals surface area contributed by atoms with Crippen molar-refractivity contribution in [3.05, 3.63) is 33.1 Å². The zero-order valence-corrected chi connectivity index (χ0v) is 11.8. The molecular formula is C12H13ClN4O4. The summed E-state index contributed by atoms with van der Waals surface area (Å²) < 4.78 is 0. The number of pyridine rings is 1. The summed E-state index contributed by atoms with van der Waals surface area (Å²) >= 11 is 5.64. The SMILES string of the molecule is O=C(NCC(=O)N1CCCC1)c1cc(Cl)ncc1[N+](=O)[O-]. The van der Waals surface area contributed by atoms with Crippen LogP contribution in [-0.2, 0) is 4.79 Å². The molecule has 0 atom stereocenters. The molecule has 0 aromatic carbocycles. The van der Waals surface area contributed by atoms with Gasteiger partial charge in [-0.3, -0.25) is 19.7 Å². The lowest BCUT2D eigenvalue weighted by Crippen LogP contribution is -2.38. The Hall–Kier alpha value is -2.22. The molecule has 2 amide bonds. The minimum atomic E-state index is -0.724. The average molecular weight is 313 g/mol. The fourth-order valence-corrected chi connectivity index (χ4v) is 2.24. The highest BCUT2D eigenvalue weighted by Crippen LogP contribution is 2.20. The Balaban J connectivity index is 2.04. The van der Waals surface area contributed by atoms with Crippen molar-refractivity contribution in [3.8, 4) is 0 Å². The first-order chi connectivity index (χ1) is 9.99. The van der Waals surface area contributed by atoms with Crippen LogP contribution in [0, 0.1) is 10.1 Å². The second-order valence-corrected chi connectivity index (χ2v) is 4.94. The topological polar surface area (TPSA) is 105 Å². The number of carbonyl (C=O) groups is 2. The van der Waals surface area contributed by atoms with Crippen LogP contribution in [0.4, 0.5) is 5.69 Å². The number of nitro groups is 1. The lowest BCUT2D eigenvalue weighted by molar-refractivity contribution is -0.385. The van der Waals surface area contributed by atoms with Crippen LogP contribution >= 0.6 is 11.6 Å². The smallest absolute Gasteiger partial charge is 0.300 e. The number of hydrogen-bond acceptors (Lipinski definition) is 5. The highest BCUT2D eigenvalue weighted by atomic mass is 35.5. The summed E-state index contributed by atoms with van der Waals surface area (Å²) in [6.45, 7) is 1.15. The van der Waals surface area contributed by atoms with Gasteiger partial charge in [0.05, 0.1) is 11.5 Å². The van der Waals surface area contributed by atoms with Gasteiger partial charge >= 0.3 is 0 Å². The number of hydrogen-bond donors (Lipinski definition) is 1. The predicted molar refractivity (Wildman–Crippen MR) is 74.0 cm³/mol. The maximum atomic E-state index is 12.0. The minimum Gasteiger partial charge on any atom is -0.343 e. The highest BCUT2D eigenvalue weighted by molar-refractivity contribution is 6.29. The summed E-state index contributed by atoms with van der Waals surface area (Å²) in [7, 11) is 0. The molecule has 21 heavy (non-hydrogen) atoms. The number of likely N-dealkylation sites (tertiary alicyclic amines) is 1. The molecule has 1 aromatic heterocycles. The van der Waals surface area contributed by atoms with Crippen molar-refractivity contribution < 1.29 is 14.5 Å². The van der Waals surface area contributed by atoms with Crippen molar-refractivity contribution in [1.29, 1.82) is 0 Å². The van der Waals surface area contributed by atoms with Crippen molar-refractivity contribution in [2.75, 3.05) is 19.6 Å². The van der Waals surface area contributed by atoms with Gasteiger partial charge in [-0.05, 0) is 18.9 Å². The Morgan fingerprint density at radius 1 is 1.43 bits per heavy atom. The van der Waals surface area contributed by atoms with Crippen LogP contribution in [-0.4, -0.2) is 46.3 Å². The molecule has 0 radical (unpaired) electrons. The summed E-state index contributed by atoms with van der Waals surface area (Å²) in [5.74, 6) is -0.929. The second kappa shape index (κ2) is 6.49. The van der Waals surface area contributed by atoms with Crippen LogP contribution in [0.3, 0.4) is 0 Å². The zero-order valence-electron chi connectivity index (χ0n) is 11.0. The maximum absolute atomic E-state index is 12.0. The average Bonchev–Trinajstić information content (AvgIpc) is 2.98. The molecule has 8 nitrogen and oxygen atoms in total. The molecule has 0 unspecified atom stereocenters. The Labute approximate surface area is 125 Å². The van der Waals surface area contributed by atoms with Crippen LogP contribution in [0.5, 0.6) is 0 Å². The second-order valence-electron chi connectivity index (χ2n) is 4.55. The third-order valence-corrected chi connectivity index (χ3v) is 3.36. The molecule has 1 fully saturated rings. The Morgan fingerprint density at radius 2 is 2.10 bits per heavy atom. The summed E-state index contributed by atoms with van der Waals surface area (Å²) in [5, 5.41) is 13.2. The van der Waals surface area contributed by atoms with E-state index in [-0.39, 0.29) is 23.2 Å². The largest absolute Gasteiger partial charge is 0.343 e. The lowest BCUT2D eigenvalue weighted by atomic mass is 10.2. The molecule has 0 aliphatic carbocycles. The van der Waals surface area contributed by atoms with Gasteiger partial charge in [-0.2, -0.15) is 0 Å². The molecule has 112 valence electrons. The van der Waals surface area contributed by atoms with E-state index in [1.165, 1.54) is 0 Å². The van der Waals surface area contributed by atoms with Gasteiger partial charge in [-0.25, -0.2) is 4.98 Å². The Bertz CT molecular complexity index is 587. The van der Waals surface area contributed by atoms with E-state index in [1.807, 2.05) is 0 Å². The monoisotopic (exact) mass is 312 g/mol. The van der Waals surface area contributed by atoms with Gasteiger partial charge in [0, 0.05) is 13.1 Å². The van der Waals surface area contributed by atoms with Gasteiger partial charge in [0.1, 0.15) is 16.9 Å². The molecule has 2 rings (SSSR count). The van der Waals surface area contributed by atoms with E-state index in [0.29, 0.717) is 13.1 Å². The quantitative estimate of drug-likeness (QED) is 0.507. The molecule has 0 bridgehead atoms. The number of rotatable bonds is 4. The number of aromatic nitrogens is 1.